The zero-order valence-electron chi connectivity index (χ0n) is 22.1. The summed E-state index contributed by atoms with van der Waals surface area (Å²) in [7, 11) is 1.45. The summed E-state index contributed by atoms with van der Waals surface area (Å²) >= 11 is 0. The largest absolute Gasteiger partial charge is 0.469 e. The molecule has 0 amide bonds. The summed E-state index contributed by atoms with van der Waals surface area (Å²) in [5.74, 6) is 0.632. The van der Waals surface area contributed by atoms with Crippen molar-refractivity contribution in [2.45, 2.75) is 128 Å². The molecule has 1 saturated heterocycles. The van der Waals surface area contributed by atoms with E-state index < -0.39 is 0 Å². The van der Waals surface area contributed by atoms with Crippen LogP contribution < -0.4 is 0 Å². The van der Waals surface area contributed by atoms with Gasteiger partial charge >= 0.3 is 5.97 Å². The first-order valence-corrected chi connectivity index (χ1v) is 14.2. The van der Waals surface area contributed by atoms with Gasteiger partial charge in [-0.3, -0.25) is 4.79 Å². The minimum Gasteiger partial charge on any atom is -0.469 e. The summed E-state index contributed by atoms with van der Waals surface area (Å²) in [5.41, 5.74) is 2.60. The minimum absolute atomic E-state index is 0.0722. The van der Waals surface area contributed by atoms with Crippen molar-refractivity contribution >= 4 is 5.97 Å². The quantitative estimate of drug-likeness (QED) is 0.209. The van der Waals surface area contributed by atoms with Gasteiger partial charge in [0.15, 0.2) is 6.29 Å². The van der Waals surface area contributed by atoms with E-state index >= 15 is 0 Å². The number of esters is 1. The molecule has 3 unspecified atom stereocenters. The van der Waals surface area contributed by atoms with Crippen LogP contribution in [-0.4, -0.2) is 37.2 Å². The molecule has 0 spiro atoms. The fraction of sp³-hybridized carbons (Fsp3) is 0.767. The topological polar surface area (TPSA) is 65.0 Å². The van der Waals surface area contributed by atoms with Crippen molar-refractivity contribution < 1.29 is 24.1 Å². The molecule has 2 aliphatic rings. The van der Waals surface area contributed by atoms with Gasteiger partial charge < -0.3 is 19.3 Å². The maximum Gasteiger partial charge on any atom is 0.305 e. The molecule has 198 valence electrons. The molecule has 5 atom stereocenters. The van der Waals surface area contributed by atoms with E-state index in [0.29, 0.717) is 18.3 Å². The molecule has 1 aromatic carbocycles. The third-order valence-corrected chi connectivity index (χ3v) is 7.94. The van der Waals surface area contributed by atoms with Gasteiger partial charge in [-0.15, -0.1) is 0 Å². The number of hydrogen-bond acceptors (Lipinski definition) is 5. The van der Waals surface area contributed by atoms with E-state index in [9.17, 15) is 9.90 Å². The molecule has 5 nitrogen and oxygen atoms in total. The predicted octanol–water partition coefficient (Wildman–Crippen LogP) is 7.22. The Morgan fingerprint density at radius 1 is 1.03 bits per heavy atom. The van der Waals surface area contributed by atoms with Crippen molar-refractivity contribution in [3.63, 3.8) is 0 Å². The van der Waals surface area contributed by atoms with Crippen LogP contribution in [0.1, 0.15) is 126 Å². The first-order valence-electron chi connectivity index (χ1n) is 14.2. The molecule has 1 aliphatic carbocycles. The van der Waals surface area contributed by atoms with E-state index in [4.69, 9.17) is 14.2 Å². The average Bonchev–Trinajstić information content (AvgIpc) is 3.26. The lowest BCUT2D eigenvalue weighted by Crippen LogP contribution is -2.24. The van der Waals surface area contributed by atoms with E-state index in [1.165, 1.54) is 43.9 Å². The zero-order chi connectivity index (χ0) is 24.9. The van der Waals surface area contributed by atoms with Gasteiger partial charge in [-0.05, 0) is 74.3 Å². The SMILES string of the molecule is CCCCCC(OC1CCCCO1)c1ccc(C2CC[C@H](O)[C@@H]2CCCCCCC(=O)OC)cc1. The molecule has 1 aromatic rings. The molecule has 35 heavy (non-hydrogen) atoms. The van der Waals surface area contributed by atoms with Gasteiger partial charge in [-0.1, -0.05) is 69.7 Å². The molecule has 1 saturated carbocycles. The van der Waals surface area contributed by atoms with Gasteiger partial charge in [0.05, 0.1) is 19.3 Å². The van der Waals surface area contributed by atoms with Crippen LogP contribution in [0.4, 0.5) is 0 Å². The Kier molecular flexibility index (Phi) is 12.6. The summed E-state index contributed by atoms with van der Waals surface area (Å²) in [6.45, 7) is 3.05. The fourth-order valence-electron chi connectivity index (χ4n) is 5.81. The Labute approximate surface area is 212 Å². The second-order valence-corrected chi connectivity index (χ2v) is 10.5. The lowest BCUT2D eigenvalue weighted by molar-refractivity contribution is -0.191. The molecule has 0 aromatic heterocycles. The van der Waals surface area contributed by atoms with Crippen LogP contribution in [0.25, 0.3) is 0 Å². The molecular formula is C30H48O5. The summed E-state index contributed by atoms with van der Waals surface area (Å²) in [6.07, 6.45) is 15.4. The minimum atomic E-state index is -0.205. The Bertz CT molecular complexity index is 712. The number of unbranched alkanes of at least 4 members (excludes halogenated alkanes) is 5. The first-order chi connectivity index (χ1) is 17.1. The molecule has 1 aliphatic heterocycles. The van der Waals surface area contributed by atoms with Crippen LogP contribution >= 0.6 is 0 Å². The molecule has 3 rings (SSSR count). The first kappa shape index (κ1) is 28.1. The number of rotatable bonds is 15. The fourth-order valence-corrected chi connectivity index (χ4v) is 5.81. The lowest BCUT2D eigenvalue weighted by atomic mass is 9.84. The van der Waals surface area contributed by atoms with Gasteiger partial charge in [0.1, 0.15) is 0 Å². The number of hydrogen-bond donors (Lipinski definition) is 1. The van der Waals surface area contributed by atoms with Gasteiger partial charge in [0, 0.05) is 13.0 Å². The summed E-state index contributed by atoms with van der Waals surface area (Å²) in [6, 6.07) is 9.06. The van der Waals surface area contributed by atoms with Crippen LogP contribution in [0.15, 0.2) is 24.3 Å². The van der Waals surface area contributed by atoms with Gasteiger partial charge in [-0.25, -0.2) is 0 Å². The van der Waals surface area contributed by atoms with Crippen LogP contribution in [-0.2, 0) is 19.0 Å². The molecular weight excluding hydrogens is 440 g/mol. The second-order valence-electron chi connectivity index (χ2n) is 10.5. The van der Waals surface area contributed by atoms with Gasteiger partial charge in [0.25, 0.3) is 0 Å². The van der Waals surface area contributed by atoms with Crippen LogP contribution in [0, 0.1) is 5.92 Å². The number of carbonyl (C=O) groups is 1. The van der Waals surface area contributed by atoms with Crippen molar-refractivity contribution in [3.05, 3.63) is 35.4 Å². The number of methoxy groups -OCH3 is 1. The number of benzene rings is 1. The smallest absolute Gasteiger partial charge is 0.305 e. The van der Waals surface area contributed by atoms with E-state index in [-0.39, 0.29) is 24.5 Å². The normalized spacial score (nSPS) is 25.5. The van der Waals surface area contributed by atoms with E-state index in [1.807, 2.05) is 0 Å². The number of aliphatic hydroxyl groups excluding tert-OH is 1. The third-order valence-electron chi connectivity index (χ3n) is 7.94. The highest BCUT2D eigenvalue weighted by molar-refractivity contribution is 5.68. The Hall–Kier alpha value is -1.43. The van der Waals surface area contributed by atoms with Crippen LogP contribution in [0.5, 0.6) is 0 Å². The molecule has 1 N–H and O–H groups in total. The van der Waals surface area contributed by atoms with Gasteiger partial charge in [-0.2, -0.15) is 0 Å². The van der Waals surface area contributed by atoms with E-state index in [1.54, 1.807) is 0 Å². The number of carbonyl (C=O) groups excluding carboxylic acids is 1. The zero-order valence-corrected chi connectivity index (χ0v) is 22.1. The highest BCUT2D eigenvalue weighted by Crippen LogP contribution is 2.43. The third kappa shape index (κ3) is 9.18. The van der Waals surface area contributed by atoms with Gasteiger partial charge in [0.2, 0.25) is 0 Å². The standard InChI is InChI=1S/C30H48O5/c1-3-4-7-13-28(35-30-15-10-11-22-34-30)24-18-16-23(17-19-24)25-20-21-27(31)26(25)12-8-5-6-9-14-29(32)33-2/h16-19,25-28,30-31H,3-15,20-22H2,1-2H3/t25?,26-,27+,28?,30?/m1/s1. The Morgan fingerprint density at radius 2 is 1.83 bits per heavy atom. The summed E-state index contributed by atoms with van der Waals surface area (Å²) in [5, 5.41) is 10.7. The monoisotopic (exact) mass is 488 g/mol. The van der Waals surface area contributed by atoms with E-state index in [2.05, 4.69) is 31.2 Å². The molecule has 1 heterocycles. The number of aliphatic hydroxyl groups is 1. The molecule has 0 radical (unpaired) electrons. The highest BCUT2D eigenvalue weighted by atomic mass is 16.7. The Morgan fingerprint density at radius 3 is 2.54 bits per heavy atom. The highest BCUT2D eigenvalue weighted by Gasteiger charge is 2.35. The molecule has 2 fully saturated rings. The summed E-state index contributed by atoms with van der Waals surface area (Å²) < 4.78 is 17.0. The van der Waals surface area contributed by atoms with Crippen molar-refractivity contribution in [2.24, 2.45) is 5.92 Å². The average molecular weight is 489 g/mol. The summed E-state index contributed by atoms with van der Waals surface area (Å²) in [4.78, 5) is 11.3. The predicted molar refractivity (Wildman–Crippen MR) is 139 cm³/mol. The maximum absolute atomic E-state index is 11.3. The molecule has 5 heteroatoms. The Balaban J connectivity index is 1.54. The van der Waals surface area contributed by atoms with Crippen molar-refractivity contribution in [2.75, 3.05) is 13.7 Å². The second kappa shape index (κ2) is 15.6. The van der Waals surface area contributed by atoms with Crippen molar-refractivity contribution in [1.29, 1.82) is 0 Å². The van der Waals surface area contributed by atoms with Crippen molar-refractivity contribution in [3.8, 4) is 0 Å². The molecule has 0 bridgehead atoms. The lowest BCUT2D eigenvalue weighted by Gasteiger charge is -2.28. The van der Waals surface area contributed by atoms with Crippen molar-refractivity contribution in [1.82, 2.24) is 0 Å². The van der Waals surface area contributed by atoms with Crippen LogP contribution in [0.3, 0.4) is 0 Å². The number of ether oxygens (including phenoxy) is 3. The van der Waals surface area contributed by atoms with Crippen LogP contribution in [0.2, 0.25) is 0 Å². The maximum atomic E-state index is 11.3. The van der Waals surface area contributed by atoms with E-state index in [0.717, 1.165) is 70.8 Å².